The highest BCUT2D eigenvalue weighted by Crippen LogP contribution is 2.26. The Balaban J connectivity index is 2.86. The molecule has 106 valence electrons. The molecule has 1 aromatic carbocycles. The van der Waals surface area contributed by atoms with Crippen molar-refractivity contribution in [1.82, 2.24) is 0 Å². The molecule has 19 heavy (non-hydrogen) atoms. The van der Waals surface area contributed by atoms with Gasteiger partial charge in [0.2, 0.25) is 0 Å². The van der Waals surface area contributed by atoms with E-state index in [-0.39, 0.29) is 11.8 Å². The fourth-order valence-corrected chi connectivity index (χ4v) is 1.75. The van der Waals surface area contributed by atoms with Gasteiger partial charge in [0.15, 0.2) is 0 Å². The second-order valence-electron chi connectivity index (χ2n) is 4.08. The van der Waals surface area contributed by atoms with E-state index in [2.05, 4.69) is 5.32 Å². The molecule has 1 N–H and O–H groups in total. The number of carbonyl (C=O) groups excluding carboxylic acids is 1. The van der Waals surface area contributed by atoms with Crippen molar-refractivity contribution in [3.05, 3.63) is 24.0 Å². The normalized spacial score (nSPS) is 11.8. The van der Waals surface area contributed by atoms with Gasteiger partial charge in [0.05, 0.1) is 19.4 Å². The number of hydrogen-bond acceptors (Lipinski definition) is 4. The number of halogens is 1. The number of hydrogen-bond donors (Lipinski definition) is 1. The predicted molar refractivity (Wildman–Crippen MR) is 71.9 cm³/mol. The molecule has 1 aromatic rings. The Bertz CT molecular complexity index is 423. The van der Waals surface area contributed by atoms with E-state index in [0.29, 0.717) is 24.5 Å². The second kappa shape index (κ2) is 7.61. The maximum Gasteiger partial charge on any atom is 0.328 e. The fourth-order valence-electron chi connectivity index (χ4n) is 1.75. The van der Waals surface area contributed by atoms with Crippen LogP contribution in [0.2, 0.25) is 0 Å². The van der Waals surface area contributed by atoms with Crippen LogP contribution in [0.1, 0.15) is 26.7 Å². The van der Waals surface area contributed by atoms with Crippen LogP contribution in [0.4, 0.5) is 10.1 Å². The van der Waals surface area contributed by atoms with Crippen LogP contribution in [-0.2, 0) is 9.53 Å². The summed E-state index contributed by atoms with van der Waals surface area (Å²) < 4.78 is 23.2. The van der Waals surface area contributed by atoms with E-state index in [4.69, 9.17) is 9.47 Å². The molecular formula is C14H20FNO3. The topological polar surface area (TPSA) is 47.6 Å². The Morgan fingerprint density at radius 1 is 1.42 bits per heavy atom. The van der Waals surface area contributed by atoms with Gasteiger partial charge in [-0.15, -0.1) is 0 Å². The van der Waals surface area contributed by atoms with Crippen molar-refractivity contribution >= 4 is 11.7 Å². The first-order valence-corrected chi connectivity index (χ1v) is 6.39. The molecule has 1 atom stereocenters. The molecule has 0 fully saturated rings. The van der Waals surface area contributed by atoms with Gasteiger partial charge in [-0.3, -0.25) is 0 Å². The van der Waals surface area contributed by atoms with Crippen LogP contribution >= 0.6 is 0 Å². The molecule has 0 aliphatic carbocycles. The molecule has 0 aliphatic heterocycles. The fraction of sp³-hybridized carbons (Fsp3) is 0.500. The molecule has 0 aliphatic rings. The van der Waals surface area contributed by atoms with Crippen LogP contribution in [0.5, 0.6) is 5.75 Å². The Morgan fingerprint density at radius 3 is 2.74 bits per heavy atom. The van der Waals surface area contributed by atoms with Gasteiger partial charge in [0.1, 0.15) is 17.6 Å². The zero-order valence-corrected chi connectivity index (χ0v) is 11.5. The summed E-state index contributed by atoms with van der Waals surface area (Å²) in [5, 5.41) is 3.05. The van der Waals surface area contributed by atoms with Gasteiger partial charge < -0.3 is 14.8 Å². The van der Waals surface area contributed by atoms with E-state index in [1.165, 1.54) is 19.2 Å². The largest absolute Gasteiger partial charge is 0.494 e. The number of methoxy groups -OCH3 is 1. The van der Waals surface area contributed by atoms with Gasteiger partial charge in [-0.25, -0.2) is 9.18 Å². The third-order valence-electron chi connectivity index (χ3n) is 2.64. The van der Waals surface area contributed by atoms with Crippen LogP contribution in [0, 0.1) is 5.82 Å². The molecule has 0 radical (unpaired) electrons. The maximum atomic E-state index is 13.1. The molecule has 0 amide bonds. The lowest BCUT2D eigenvalue weighted by molar-refractivity contribution is -0.144. The number of benzene rings is 1. The van der Waals surface area contributed by atoms with Gasteiger partial charge in [-0.05, 0) is 25.5 Å². The summed E-state index contributed by atoms with van der Waals surface area (Å²) in [5.74, 6) is -0.327. The third kappa shape index (κ3) is 4.43. The van der Waals surface area contributed by atoms with Gasteiger partial charge in [-0.1, -0.05) is 13.3 Å². The Hall–Kier alpha value is -1.78. The molecule has 1 rings (SSSR count). The van der Waals surface area contributed by atoms with Crippen LogP contribution < -0.4 is 10.1 Å². The summed E-state index contributed by atoms with van der Waals surface area (Å²) in [6.07, 6.45) is 1.47. The monoisotopic (exact) mass is 269 g/mol. The molecule has 0 saturated heterocycles. The highest BCUT2D eigenvalue weighted by atomic mass is 19.1. The second-order valence-corrected chi connectivity index (χ2v) is 4.08. The molecule has 0 bridgehead atoms. The van der Waals surface area contributed by atoms with Crippen molar-refractivity contribution < 1.29 is 18.7 Å². The van der Waals surface area contributed by atoms with E-state index in [0.717, 1.165) is 6.42 Å². The lowest BCUT2D eigenvalue weighted by Gasteiger charge is -2.19. The molecule has 0 aromatic heterocycles. The highest BCUT2D eigenvalue weighted by molar-refractivity contribution is 5.80. The number of nitrogens with one attached hydrogen (secondary N) is 1. The van der Waals surface area contributed by atoms with Crippen LogP contribution in [0.15, 0.2) is 18.2 Å². The SMILES string of the molecule is CCCC(Nc1ccc(F)cc1OC)C(=O)OCC. The predicted octanol–water partition coefficient (Wildman–Crippen LogP) is 2.98. The quantitative estimate of drug-likeness (QED) is 0.773. The minimum Gasteiger partial charge on any atom is -0.494 e. The highest BCUT2D eigenvalue weighted by Gasteiger charge is 2.20. The summed E-state index contributed by atoms with van der Waals surface area (Å²) in [6.45, 7) is 4.08. The number of rotatable bonds is 7. The average Bonchev–Trinajstić information content (AvgIpc) is 2.40. The molecular weight excluding hydrogens is 249 g/mol. The summed E-state index contributed by atoms with van der Waals surface area (Å²) in [7, 11) is 1.46. The van der Waals surface area contributed by atoms with Gasteiger partial charge >= 0.3 is 5.97 Å². The molecule has 4 nitrogen and oxygen atoms in total. The first kappa shape index (κ1) is 15.3. The lowest BCUT2D eigenvalue weighted by atomic mass is 10.1. The summed E-state index contributed by atoms with van der Waals surface area (Å²) in [5.41, 5.74) is 0.579. The Morgan fingerprint density at radius 2 is 2.16 bits per heavy atom. The van der Waals surface area contributed by atoms with Crippen molar-refractivity contribution in [2.75, 3.05) is 19.0 Å². The van der Waals surface area contributed by atoms with E-state index < -0.39 is 6.04 Å². The zero-order valence-electron chi connectivity index (χ0n) is 11.5. The van der Waals surface area contributed by atoms with Crippen molar-refractivity contribution in [2.24, 2.45) is 0 Å². The van der Waals surface area contributed by atoms with Gasteiger partial charge in [0.25, 0.3) is 0 Å². The van der Waals surface area contributed by atoms with Crippen LogP contribution in [0.25, 0.3) is 0 Å². The van der Waals surface area contributed by atoms with E-state index in [1.807, 2.05) is 6.92 Å². The van der Waals surface area contributed by atoms with Crippen LogP contribution in [0.3, 0.4) is 0 Å². The minimum absolute atomic E-state index is 0.310. The standard InChI is InChI=1S/C14H20FNO3/c1-4-6-12(14(17)19-5-2)16-11-8-7-10(15)9-13(11)18-3/h7-9,12,16H,4-6H2,1-3H3. The number of carbonyl (C=O) groups is 1. The third-order valence-corrected chi connectivity index (χ3v) is 2.64. The van der Waals surface area contributed by atoms with Crippen molar-refractivity contribution in [1.29, 1.82) is 0 Å². The van der Waals surface area contributed by atoms with E-state index in [1.54, 1.807) is 13.0 Å². The summed E-state index contributed by atoms with van der Waals surface area (Å²) >= 11 is 0. The maximum absolute atomic E-state index is 13.1. The lowest BCUT2D eigenvalue weighted by Crippen LogP contribution is -2.31. The number of anilines is 1. The van der Waals surface area contributed by atoms with Gasteiger partial charge in [-0.2, -0.15) is 0 Å². The van der Waals surface area contributed by atoms with Crippen molar-refractivity contribution in [2.45, 2.75) is 32.7 Å². The van der Waals surface area contributed by atoms with E-state index >= 15 is 0 Å². The Kier molecular flexibility index (Phi) is 6.12. The molecule has 0 saturated carbocycles. The van der Waals surface area contributed by atoms with Crippen LogP contribution in [-0.4, -0.2) is 25.7 Å². The van der Waals surface area contributed by atoms with Crippen molar-refractivity contribution in [3.8, 4) is 5.75 Å². The Labute approximate surface area is 112 Å². The summed E-state index contributed by atoms with van der Waals surface area (Å²) in [6, 6.07) is 3.69. The minimum atomic E-state index is -0.454. The molecule has 5 heteroatoms. The summed E-state index contributed by atoms with van der Waals surface area (Å²) in [4.78, 5) is 11.8. The van der Waals surface area contributed by atoms with Gasteiger partial charge in [0, 0.05) is 6.07 Å². The first-order valence-electron chi connectivity index (χ1n) is 6.39. The van der Waals surface area contributed by atoms with Crippen molar-refractivity contribution in [3.63, 3.8) is 0 Å². The zero-order chi connectivity index (χ0) is 14.3. The molecule has 0 heterocycles. The number of ether oxygens (including phenoxy) is 2. The molecule has 0 spiro atoms. The first-order chi connectivity index (χ1) is 9.12. The number of esters is 1. The smallest absolute Gasteiger partial charge is 0.328 e. The average molecular weight is 269 g/mol. The molecule has 1 unspecified atom stereocenters. The van der Waals surface area contributed by atoms with E-state index in [9.17, 15) is 9.18 Å².